The van der Waals surface area contributed by atoms with Gasteiger partial charge in [-0.25, -0.2) is 9.97 Å². The van der Waals surface area contributed by atoms with Crippen molar-refractivity contribution in [2.45, 2.75) is 44.6 Å². The van der Waals surface area contributed by atoms with Crippen LogP contribution in [-0.4, -0.2) is 66.7 Å². The molecule has 0 radical (unpaired) electrons. The Morgan fingerprint density at radius 1 is 0.968 bits per heavy atom. The standard InChI is InChI=1S/C24H33ClN6/c25-22-21-10-16-30(15-4-13-29-11-1-2-12-29)24(21)28-23(27-22)18-6-8-20(9-7-18)31-14-3-5-19(26)17-31/h6-9,19H,1-5,10-17,26H2/t19-/m0/s1. The Kier molecular flexibility index (Phi) is 6.30. The van der Waals surface area contributed by atoms with Gasteiger partial charge in [0.25, 0.3) is 0 Å². The molecule has 7 heteroatoms. The molecule has 5 rings (SSSR count). The number of piperidine rings is 1. The van der Waals surface area contributed by atoms with Gasteiger partial charge in [-0.15, -0.1) is 0 Å². The van der Waals surface area contributed by atoms with E-state index in [1.54, 1.807) is 0 Å². The van der Waals surface area contributed by atoms with E-state index in [1.807, 2.05) is 0 Å². The maximum atomic E-state index is 6.59. The third kappa shape index (κ3) is 4.66. The van der Waals surface area contributed by atoms with E-state index in [-0.39, 0.29) is 6.04 Å². The molecule has 1 atom stereocenters. The monoisotopic (exact) mass is 440 g/mol. The van der Waals surface area contributed by atoms with Crippen molar-refractivity contribution in [2.24, 2.45) is 5.73 Å². The Labute approximate surface area is 190 Å². The van der Waals surface area contributed by atoms with E-state index in [0.29, 0.717) is 5.15 Å². The Morgan fingerprint density at radius 2 is 1.77 bits per heavy atom. The van der Waals surface area contributed by atoms with Crippen LogP contribution < -0.4 is 15.5 Å². The van der Waals surface area contributed by atoms with Crippen LogP contribution in [-0.2, 0) is 6.42 Å². The van der Waals surface area contributed by atoms with Gasteiger partial charge in [0.2, 0.25) is 0 Å². The summed E-state index contributed by atoms with van der Waals surface area (Å²) in [5, 5.41) is 0.605. The maximum absolute atomic E-state index is 6.59. The average molecular weight is 441 g/mol. The van der Waals surface area contributed by atoms with Crippen LogP contribution in [0.5, 0.6) is 0 Å². The molecule has 2 N–H and O–H groups in total. The lowest BCUT2D eigenvalue weighted by atomic mass is 10.1. The van der Waals surface area contributed by atoms with E-state index >= 15 is 0 Å². The van der Waals surface area contributed by atoms with Crippen molar-refractivity contribution >= 4 is 23.1 Å². The summed E-state index contributed by atoms with van der Waals surface area (Å²) in [4.78, 5) is 16.9. The molecular weight excluding hydrogens is 408 g/mol. The van der Waals surface area contributed by atoms with Crippen molar-refractivity contribution in [1.82, 2.24) is 14.9 Å². The van der Waals surface area contributed by atoms with Crippen molar-refractivity contribution in [1.29, 1.82) is 0 Å². The highest BCUT2D eigenvalue weighted by molar-refractivity contribution is 6.30. The first-order valence-electron chi connectivity index (χ1n) is 11.8. The van der Waals surface area contributed by atoms with E-state index in [4.69, 9.17) is 22.3 Å². The van der Waals surface area contributed by atoms with Crippen LogP contribution in [0.25, 0.3) is 11.4 Å². The molecule has 0 unspecified atom stereocenters. The lowest BCUT2D eigenvalue weighted by Crippen LogP contribution is -2.42. The van der Waals surface area contributed by atoms with Gasteiger partial charge in [-0.05, 0) is 82.4 Å². The third-order valence-electron chi connectivity index (χ3n) is 6.92. The highest BCUT2D eigenvalue weighted by Crippen LogP contribution is 2.33. The normalized spacial score (nSPS) is 21.7. The molecule has 0 amide bonds. The summed E-state index contributed by atoms with van der Waals surface area (Å²) in [6.07, 6.45) is 7.07. The Hall–Kier alpha value is -1.89. The van der Waals surface area contributed by atoms with Crippen molar-refractivity contribution in [3.8, 4) is 11.4 Å². The topological polar surface area (TPSA) is 61.5 Å². The molecule has 0 spiro atoms. The Morgan fingerprint density at radius 3 is 2.55 bits per heavy atom. The lowest BCUT2D eigenvalue weighted by Gasteiger charge is -2.32. The smallest absolute Gasteiger partial charge is 0.163 e. The third-order valence-corrected chi connectivity index (χ3v) is 7.23. The molecule has 0 saturated carbocycles. The van der Waals surface area contributed by atoms with E-state index in [0.717, 1.165) is 68.2 Å². The number of anilines is 2. The highest BCUT2D eigenvalue weighted by Gasteiger charge is 2.25. The van der Waals surface area contributed by atoms with Crippen molar-refractivity contribution in [2.75, 3.05) is 55.6 Å². The molecule has 6 nitrogen and oxygen atoms in total. The summed E-state index contributed by atoms with van der Waals surface area (Å²) >= 11 is 6.59. The lowest BCUT2D eigenvalue weighted by molar-refractivity contribution is 0.335. The summed E-state index contributed by atoms with van der Waals surface area (Å²) in [6.45, 7) is 7.71. The predicted octanol–water partition coefficient (Wildman–Crippen LogP) is 3.57. The van der Waals surface area contributed by atoms with Crippen LogP contribution in [0.1, 0.15) is 37.7 Å². The van der Waals surface area contributed by atoms with Gasteiger partial charge >= 0.3 is 0 Å². The fourth-order valence-corrected chi connectivity index (χ4v) is 5.44. The molecule has 3 aliphatic heterocycles. The summed E-state index contributed by atoms with van der Waals surface area (Å²) in [6, 6.07) is 8.81. The van der Waals surface area contributed by atoms with Gasteiger partial charge < -0.3 is 20.4 Å². The van der Waals surface area contributed by atoms with Crippen LogP contribution in [0.4, 0.5) is 11.5 Å². The second-order valence-electron chi connectivity index (χ2n) is 9.17. The maximum Gasteiger partial charge on any atom is 0.163 e. The van der Waals surface area contributed by atoms with Crippen LogP contribution in [0.15, 0.2) is 24.3 Å². The number of rotatable bonds is 6. The molecule has 166 valence electrons. The van der Waals surface area contributed by atoms with Crippen LogP contribution in [0.3, 0.4) is 0 Å². The van der Waals surface area contributed by atoms with Crippen molar-refractivity contribution < 1.29 is 0 Å². The summed E-state index contributed by atoms with van der Waals surface area (Å²) in [7, 11) is 0. The van der Waals surface area contributed by atoms with Gasteiger partial charge in [-0.3, -0.25) is 0 Å². The molecule has 1 aromatic carbocycles. The first kappa shape index (κ1) is 21.0. The molecule has 2 aromatic rings. The molecule has 0 aliphatic carbocycles. The van der Waals surface area contributed by atoms with Crippen LogP contribution in [0, 0.1) is 0 Å². The number of benzene rings is 1. The average Bonchev–Trinajstić information content (AvgIpc) is 3.44. The number of nitrogens with zero attached hydrogens (tertiary/aromatic N) is 5. The van der Waals surface area contributed by atoms with Crippen LogP contribution >= 0.6 is 11.6 Å². The minimum absolute atomic E-state index is 0.267. The van der Waals surface area contributed by atoms with Gasteiger partial charge in [0.1, 0.15) is 11.0 Å². The zero-order valence-electron chi connectivity index (χ0n) is 18.3. The predicted molar refractivity (Wildman–Crippen MR) is 128 cm³/mol. The van der Waals surface area contributed by atoms with E-state index in [1.165, 1.54) is 44.6 Å². The largest absolute Gasteiger partial charge is 0.370 e. The molecule has 2 saturated heterocycles. The fraction of sp³-hybridized carbons (Fsp3) is 0.583. The Balaban J connectivity index is 1.29. The molecular formula is C24H33ClN6. The minimum atomic E-state index is 0.267. The number of fused-ring (bicyclic) bond motifs is 1. The van der Waals surface area contributed by atoms with Crippen molar-refractivity contribution in [3.05, 3.63) is 35.0 Å². The number of halogens is 1. The number of hydrogen-bond acceptors (Lipinski definition) is 6. The van der Waals surface area contributed by atoms with E-state index < -0.39 is 0 Å². The van der Waals surface area contributed by atoms with Gasteiger partial charge in [0, 0.05) is 49.0 Å². The zero-order valence-corrected chi connectivity index (χ0v) is 19.0. The molecule has 2 fully saturated rings. The van der Waals surface area contributed by atoms with Gasteiger partial charge in [0.05, 0.1) is 0 Å². The SMILES string of the molecule is N[C@H]1CCCN(c2ccc(-c3nc(Cl)c4c(n3)N(CCCN3CCCC3)CC4)cc2)C1. The minimum Gasteiger partial charge on any atom is -0.370 e. The molecule has 0 bridgehead atoms. The summed E-state index contributed by atoms with van der Waals surface area (Å²) in [5.74, 6) is 1.75. The van der Waals surface area contributed by atoms with Gasteiger partial charge in [0.15, 0.2) is 5.82 Å². The summed E-state index contributed by atoms with van der Waals surface area (Å²) < 4.78 is 0. The first-order chi connectivity index (χ1) is 15.2. The molecule has 31 heavy (non-hydrogen) atoms. The molecule has 4 heterocycles. The van der Waals surface area contributed by atoms with Gasteiger partial charge in [-0.2, -0.15) is 0 Å². The van der Waals surface area contributed by atoms with E-state index in [9.17, 15) is 0 Å². The first-order valence-corrected chi connectivity index (χ1v) is 12.2. The number of aromatic nitrogens is 2. The van der Waals surface area contributed by atoms with Crippen LogP contribution in [0.2, 0.25) is 5.15 Å². The van der Waals surface area contributed by atoms with E-state index in [2.05, 4.69) is 43.9 Å². The Bertz CT molecular complexity index is 896. The highest BCUT2D eigenvalue weighted by atomic mass is 35.5. The molecule has 3 aliphatic rings. The fourth-order valence-electron chi connectivity index (χ4n) is 5.18. The number of nitrogens with two attached hydrogens (primary N) is 1. The second kappa shape index (κ2) is 9.31. The number of hydrogen-bond donors (Lipinski definition) is 1. The quantitative estimate of drug-likeness (QED) is 0.693. The summed E-state index contributed by atoms with van der Waals surface area (Å²) in [5.41, 5.74) is 9.48. The second-order valence-corrected chi connectivity index (χ2v) is 9.53. The number of likely N-dealkylation sites (tertiary alicyclic amines) is 1. The van der Waals surface area contributed by atoms with Crippen molar-refractivity contribution in [3.63, 3.8) is 0 Å². The van der Waals surface area contributed by atoms with Gasteiger partial charge in [-0.1, -0.05) is 11.6 Å². The zero-order chi connectivity index (χ0) is 21.2. The molecule has 1 aromatic heterocycles.